The van der Waals surface area contributed by atoms with Crippen LogP contribution in [0, 0.1) is 5.82 Å². The summed E-state index contributed by atoms with van der Waals surface area (Å²) >= 11 is 3.30. The van der Waals surface area contributed by atoms with E-state index in [1.807, 2.05) is 36.4 Å². The largest absolute Gasteiger partial charge is 0.324 e. The van der Waals surface area contributed by atoms with E-state index in [0.717, 1.165) is 22.0 Å². The minimum atomic E-state index is -0.283. The third kappa shape index (κ3) is 3.12. The van der Waals surface area contributed by atoms with E-state index < -0.39 is 0 Å². The van der Waals surface area contributed by atoms with Crippen molar-refractivity contribution in [2.24, 2.45) is 5.73 Å². The first-order chi connectivity index (χ1) is 10.1. The van der Waals surface area contributed by atoms with Crippen LogP contribution in [0.3, 0.4) is 0 Å². The van der Waals surface area contributed by atoms with Crippen molar-refractivity contribution in [1.82, 2.24) is 4.98 Å². The molecule has 4 heteroatoms. The van der Waals surface area contributed by atoms with Crippen LogP contribution in [0.25, 0.3) is 10.9 Å². The molecular formula is C17H14BrFN2. The quantitative estimate of drug-likeness (QED) is 0.765. The predicted octanol–water partition coefficient (Wildman–Crippen LogP) is 4.38. The number of hydrogen-bond acceptors (Lipinski definition) is 2. The summed E-state index contributed by atoms with van der Waals surface area (Å²) in [5.74, 6) is -0.283. The van der Waals surface area contributed by atoms with Gasteiger partial charge in [-0.2, -0.15) is 0 Å². The molecule has 1 aromatic heterocycles. The SMILES string of the molecule is NC(Cc1ccnc2ccccc12)c1cc(F)cc(Br)c1. The molecule has 2 N–H and O–H groups in total. The summed E-state index contributed by atoms with van der Waals surface area (Å²) < 4.78 is 14.2. The molecule has 106 valence electrons. The smallest absolute Gasteiger partial charge is 0.124 e. The molecule has 3 rings (SSSR count). The number of nitrogens with zero attached hydrogens (tertiary/aromatic N) is 1. The van der Waals surface area contributed by atoms with Gasteiger partial charge in [-0.15, -0.1) is 0 Å². The minimum Gasteiger partial charge on any atom is -0.324 e. The summed E-state index contributed by atoms with van der Waals surface area (Å²) in [4.78, 5) is 4.34. The maximum absolute atomic E-state index is 13.5. The zero-order valence-electron chi connectivity index (χ0n) is 11.3. The summed E-state index contributed by atoms with van der Waals surface area (Å²) in [6.07, 6.45) is 2.42. The van der Waals surface area contributed by atoms with Gasteiger partial charge in [0.25, 0.3) is 0 Å². The van der Waals surface area contributed by atoms with E-state index in [9.17, 15) is 4.39 Å². The van der Waals surface area contributed by atoms with Crippen LogP contribution in [0.2, 0.25) is 0 Å². The normalized spacial score (nSPS) is 12.5. The number of fused-ring (bicyclic) bond motifs is 1. The second-order valence-electron chi connectivity index (χ2n) is 5.00. The van der Waals surface area contributed by atoms with Crippen molar-refractivity contribution >= 4 is 26.8 Å². The lowest BCUT2D eigenvalue weighted by molar-refractivity contribution is 0.617. The van der Waals surface area contributed by atoms with Crippen molar-refractivity contribution in [3.63, 3.8) is 0 Å². The molecule has 0 spiro atoms. The van der Waals surface area contributed by atoms with E-state index in [1.54, 1.807) is 6.20 Å². The summed E-state index contributed by atoms with van der Waals surface area (Å²) in [6.45, 7) is 0. The molecule has 1 unspecified atom stereocenters. The topological polar surface area (TPSA) is 38.9 Å². The van der Waals surface area contributed by atoms with Crippen molar-refractivity contribution in [2.75, 3.05) is 0 Å². The Morgan fingerprint density at radius 2 is 1.95 bits per heavy atom. The predicted molar refractivity (Wildman–Crippen MR) is 86.5 cm³/mol. The molecule has 0 radical (unpaired) electrons. The Balaban J connectivity index is 1.94. The first-order valence-corrected chi connectivity index (χ1v) is 7.47. The van der Waals surface area contributed by atoms with E-state index >= 15 is 0 Å². The van der Waals surface area contributed by atoms with Gasteiger partial charge in [-0.3, -0.25) is 4.98 Å². The van der Waals surface area contributed by atoms with Crippen LogP contribution in [0.5, 0.6) is 0 Å². The second kappa shape index (κ2) is 5.92. The summed E-state index contributed by atoms with van der Waals surface area (Å²) in [7, 11) is 0. The Bertz CT molecular complexity index is 763. The zero-order valence-corrected chi connectivity index (χ0v) is 12.8. The fourth-order valence-corrected chi connectivity index (χ4v) is 2.96. The fourth-order valence-electron chi connectivity index (χ4n) is 2.48. The van der Waals surface area contributed by atoms with Crippen LogP contribution in [0.15, 0.2) is 59.2 Å². The number of halogens is 2. The molecule has 0 amide bonds. The molecule has 2 aromatic carbocycles. The molecule has 0 bridgehead atoms. The van der Waals surface area contributed by atoms with Crippen LogP contribution < -0.4 is 5.73 Å². The highest BCUT2D eigenvalue weighted by atomic mass is 79.9. The van der Waals surface area contributed by atoms with E-state index in [-0.39, 0.29) is 11.9 Å². The van der Waals surface area contributed by atoms with E-state index in [4.69, 9.17) is 5.73 Å². The van der Waals surface area contributed by atoms with Gasteiger partial charge in [0, 0.05) is 22.1 Å². The molecule has 1 heterocycles. The molecule has 21 heavy (non-hydrogen) atoms. The maximum atomic E-state index is 13.5. The summed E-state index contributed by atoms with van der Waals surface area (Å²) in [5.41, 5.74) is 9.09. The van der Waals surface area contributed by atoms with Crippen molar-refractivity contribution in [3.05, 3.63) is 76.1 Å². The molecule has 3 aromatic rings. The van der Waals surface area contributed by atoms with Crippen molar-refractivity contribution < 1.29 is 4.39 Å². The molecule has 0 fully saturated rings. The molecule has 2 nitrogen and oxygen atoms in total. The lowest BCUT2D eigenvalue weighted by atomic mass is 9.97. The van der Waals surface area contributed by atoms with Crippen LogP contribution in [0.1, 0.15) is 17.2 Å². The highest BCUT2D eigenvalue weighted by molar-refractivity contribution is 9.10. The Kier molecular flexibility index (Phi) is 3.99. The van der Waals surface area contributed by atoms with Gasteiger partial charge in [0.2, 0.25) is 0 Å². The lowest BCUT2D eigenvalue weighted by Crippen LogP contribution is -2.14. The molecule has 1 atom stereocenters. The number of pyridine rings is 1. The van der Waals surface area contributed by atoms with E-state index in [0.29, 0.717) is 10.9 Å². The number of hydrogen-bond donors (Lipinski definition) is 1. The van der Waals surface area contributed by atoms with E-state index in [1.165, 1.54) is 12.1 Å². The van der Waals surface area contributed by atoms with Gasteiger partial charge >= 0.3 is 0 Å². The Hall–Kier alpha value is -1.78. The molecule has 0 aliphatic rings. The zero-order chi connectivity index (χ0) is 14.8. The lowest BCUT2D eigenvalue weighted by Gasteiger charge is -2.14. The summed E-state index contributed by atoms with van der Waals surface area (Å²) in [5, 5.41) is 1.09. The van der Waals surface area contributed by atoms with Gasteiger partial charge in [-0.25, -0.2) is 4.39 Å². The van der Waals surface area contributed by atoms with Gasteiger partial charge < -0.3 is 5.73 Å². The number of aromatic nitrogens is 1. The van der Waals surface area contributed by atoms with Gasteiger partial charge in [0.15, 0.2) is 0 Å². The standard InChI is InChI=1S/C17H14BrFN2/c18-13-7-12(8-14(19)10-13)16(20)9-11-5-6-21-17-4-2-1-3-15(11)17/h1-8,10,16H,9,20H2. The number of benzene rings is 2. The van der Waals surface area contributed by atoms with E-state index in [2.05, 4.69) is 20.9 Å². The van der Waals surface area contributed by atoms with Crippen LogP contribution in [-0.4, -0.2) is 4.98 Å². The monoisotopic (exact) mass is 344 g/mol. The molecule has 0 saturated carbocycles. The van der Waals surface area contributed by atoms with Crippen LogP contribution >= 0.6 is 15.9 Å². The Morgan fingerprint density at radius 3 is 2.76 bits per heavy atom. The second-order valence-corrected chi connectivity index (χ2v) is 5.92. The van der Waals surface area contributed by atoms with Crippen molar-refractivity contribution in [1.29, 1.82) is 0 Å². The molecular weight excluding hydrogens is 331 g/mol. The highest BCUT2D eigenvalue weighted by Crippen LogP contribution is 2.24. The minimum absolute atomic E-state index is 0.261. The first-order valence-electron chi connectivity index (χ1n) is 6.67. The van der Waals surface area contributed by atoms with Gasteiger partial charge in [-0.1, -0.05) is 34.1 Å². The molecule has 0 aliphatic carbocycles. The average Bonchev–Trinajstić information content (AvgIpc) is 2.46. The highest BCUT2D eigenvalue weighted by Gasteiger charge is 2.11. The first kappa shape index (κ1) is 14.2. The van der Waals surface area contributed by atoms with Crippen molar-refractivity contribution in [2.45, 2.75) is 12.5 Å². The molecule has 0 aliphatic heterocycles. The molecule has 0 saturated heterocycles. The maximum Gasteiger partial charge on any atom is 0.124 e. The third-order valence-corrected chi connectivity index (χ3v) is 3.95. The fraction of sp³-hybridized carbons (Fsp3) is 0.118. The Labute approximate surface area is 130 Å². The Morgan fingerprint density at radius 1 is 1.14 bits per heavy atom. The number of para-hydroxylation sites is 1. The number of rotatable bonds is 3. The van der Waals surface area contributed by atoms with Gasteiger partial charge in [-0.05, 0) is 47.9 Å². The number of nitrogens with two attached hydrogens (primary N) is 1. The van der Waals surface area contributed by atoms with Crippen LogP contribution in [0.4, 0.5) is 4.39 Å². The van der Waals surface area contributed by atoms with Crippen molar-refractivity contribution in [3.8, 4) is 0 Å². The van der Waals surface area contributed by atoms with Crippen LogP contribution in [-0.2, 0) is 6.42 Å². The summed E-state index contributed by atoms with van der Waals surface area (Å²) in [6, 6.07) is 14.4. The average molecular weight is 345 g/mol. The third-order valence-electron chi connectivity index (χ3n) is 3.49. The van der Waals surface area contributed by atoms with Gasteiger partial charge in [0.05, 0.1) is 5.52 Å². The van der Waals surface area contributed by atoms with Gasteiger partial charge in [0.1, 0.15) is 5.82 Å².